The van der Waals surface area contributed by atoms with Crippen molar-refractivity contribution in [1.29, 1.82) is 0 Å². The van der Waals surface area contributed by atoms with Crippen molar-refractivity contribution >= 4 is 0 Å². The van der Waals surface area contributed by atoms with E-state index in [9.17, 15) is 0 Å². The summed E-state index contributed by atoms with van der Waals surface area (Å²) in [5, 5.41) is 3.45. The zero-order valence-electron chi connectivity index (χ0n) is 12.2. The number of rotatable bonds is 8. The highest BCUT2D eigenvalue weighted by atomic mass is 16.3. The predicted molar refractivity (Wildman–Crippen MR) is 76.8 cm³/mol. The van der Waals surface area contributed by atoms with Gasteiger partial charge in [0.05, 0.1) is 12.8 Å². The van der Waals surface area contributed by atoms with Gasteiger partial charge in [-0.3, -0.25) is 4.90 Å². The van der Waals surface area contributed by atoms with Gasteiger partial charge in [0.15, 0.2) is 0 Å². The van der Waals surface area contributed by atoms with E-state index in [1.165, 1.54) is 37.8 Å². The van der Waals surface area contributed by atoms with Crippen LogP contribution in [0.5, 0.6) is 0 Å². The van der Waals surface area contributed by atoms with Gasteiger partial charge in [0, 0.05) is 30.7 Å². The van der Waals surface area contributed by atoms with E-state index in [0.29, 0.717) is 6.04 Å². The van der Waals surface area contributed by atoms with E-state index in [4.69, 9.17) is 4.42 Å². The van der Waals surface area contributed by atoms with E-state index in [2.05, 4.69) is 30.1 Å². The maximum Gasteiger partial charge on any atom is 0.122 e. The molecule has 3 rings (SSSR count). The Kier molecular flexibility index (Phi) is 3.94. The molecule has 2 fully saturated rings. The molecule has 0 radical (unpaired) electrons. The molecule has 1 heterocycles. The second-order valence-electron chi connectivity index (χ2n) is 6.51. The fourth-order valence-electron chi connectivity index (χ4n) is 2.59. The highest BCUT2D eigenvalue weighted by Crippen LogP contribution is 2.35. The first kappa shape index (κ1) is 13.2. The van der Waals surface area contributed by atoms with E-state index in [-0.39, 0.29) is 0 Å². The SMILES string of the molecule is CC(C)NCc1occc1CN(CC1CC1)C1CC1. The van der Waals surface area contributed by atoms with E-state index in [1.54, 1.807) is 0 Å². The molecule has 0 bridgehead atoms. The lowest BCUT2D eigenvalue weighted by Gasteiger charge is -2.21. The van der Waals surface area contributed by atoms with E-state index in [1.807, 2.05) is 6.26 Å². The van der Waals surface area contributed by atoms with Gasteiger partial charge >= 0.3 is 0 Å². The van der Waals surface area contributed by atoms with Crippen LogP contribution in [-0.4, -0.2) is 23.5 Å². The second kappa shape index (κ2) is 5.68. The van der Waals surface area contributed by atoms with Gasteiger partial charge in [-0.15, -0.1) is 0 Å². The maximum atomic E-state index is 5.65. The minimum atomic E-state index is 0.504. The zero-order chi connectivity index (χ0) is 13.2. The van der Waals surface area contributed by atoms with Crippen LogP contribution in [0.25, 0.3) is 0 Å². The molecule has 106 valence electrons. The van der Waals surface area contributed by atoms with E-state index < -0.39 is 0 Å². The third-order valence-corrected chi connectivity index (χ3v) is 4.13. The lowest BCUT2D eigenvalue weighted by molar-refractivity contribution is 0.241. The summed E-state index contributed by atoms with van der Waals surface area (Å²) in [7, 11) is 0. The highest BCUT2D eigenvalue weighted by Gasteiger charge is 2.34. The monoisotopic (exact) mass is 262 g/mol. The Bertz CT molecular complexity index is 405. The van der Waals surface area contributed by atoms with Crippen LogP contribution in [0.1, 0.15) is 50.9 Å². The lowest BCUT2D eigenvalue weighted by atomic mass is 10.2. The maximum absolute atomic E-state index is 5.65. The lowest BCUT2D eigenvalue weighted by Crippen LogP contribution is -2.28. The summed E-state index contributed by atoms with van der Waals surface area (Å²) in [6, 6.07) is 3.50. The van der Waals surface area contributed by atoms with Gasteiger partial charge in [-0.1, -0.05) is 13.8 Å². The van der Waals surface area contributed by atoms with Crippen molar-refractivity contribution in [3.8, 4) is 0 Å². The Morgan fingerprint density at radius 3 is 2.74 bits per heavy atom. The number of hydrogen-bond donors (Lipinski definition) is 1. The van der Waals surface area contributed by atoms with Crippen LogP contribution in [0.3, 0.4) is 0 Å². The van der Waals surface area contributed by atoms with Crippen molar-refractivity contribution in [2.75, 3.05) is 6.54 Å². The van der Waals surface area contributed by atoms with Crippen LogP contribution < -0.4 is 5.32 Å². The summed E-state index contributed by atoms with van der Waals surface area (Å²) < 4.78 is 5.65. The summed E-state index contributed by atoms with van der Waals surface area (Å²) in [6.45, 7) is 7.57. The molecular formula is C16H26N2O. The van der Waals surface area contributed by atoms with Crippen molar-refractivity contribution in [2.24, 2.45) is 5.92 Å². The standard InChI is InChI=1S/C16H26N2O/c1-12(2)17-9-16-14(7-8-19-16)11-18(15-5-6-15)10-13-3-4-13/h7-8,12-13,15,17H,3-6,9-11H2,1-2H3. The molecule has 1 N–H and O–H groups in total. The number of furan rings is 1. The molecule has 0 unspecified atom stereocenters. The van der Waals surface area contributed by atoms with Crippen LogP contribution in [0, 0.1) is 5.92 Å². The molecule has 2 aliphatic carbocycles. The van der Waals surface area contributed by atoms with E-state index in [0.717, 1.165) is 30.8 Å². The average molecular weight is 262 g/mol. The van der Waals surface area contributed by atoms with E-state index >= 15 is 0 Å². The van der Waals surface area contributed by atoms with Crippen molar-refractivity contribution in [2.45, 2.75) is 64.7 Å². The summed E-state index contributed by atoms with van der Waals surface area (Å²) in [4.78, 5) is 2.68. The minimum Gasteiger partial charge on any atom is -0.468 e. The predicted octanol–water partition coefficient (Wildman–Crippen LogP) is 3.15. The molecule has 0 aromatic carbocycles. The Balaban J connectivity index is 1.59. The molecule has 0 aliphatic heterocycles. The Morgan fingerprint density at radius 2 is 2.11 bits per heavy atom. The number of nitrogens with one attached hydrogen (secondary N) is 1. The first-order valence-electron chi connectivity index (χ1n) is 7.75. The Hall–Kier alpha value is -0.800. The number of nitrogens with zero attached hydrogens (tertiary/aromatic N) is 1. The largest absolute Gasteiger partial charge is 0.468 e. The van der Waals surface area contributed by atoms with Gasteiger partial charge in [0.1, 0.15) is 5.76 Å². The van der Waals surface area contributed by atoms with Gasteiger partial charge in [0.25, 0.3) is 0 Å². The fourth-order valence-corrected chi connectivity index (χ4v) is 2.59. The smallest absolute Gasteiger partial charge is 0.122 e. The number of hydrogen-bond acceptors (Lipinski definition) is 3. The first-order valence-corrected chi connectivity index (χ1v) is 7.75. The molecule has 3 nitrogen and oxygen atoms in total. The van der Waals surface area contributed by atoms with Gasteiger partial charge in [-0.25, -0.2) is 0 Å². The van der Waals surface area contributed by atoms with Crippen LogP contribution >= 0.6 is 0 Å². The molecule has 0 saturated heterocycles. The van der Waals surface area contributed by atoms with Gasteiger partial charge in [-0.05, 0) is 37.7 Å². The molecular weight excluding hydrogens is 236 g/mol. The third kappa shape index (κ3) is 3.83. The molecule has 1 aromatic heterocycles. The molecule has 0 amide bonds. The first-order chi connectivity index (χ1) is 9.22. The van der Waals surface area contributed by atoms with Crippen molar-refractivity contribution in [3.05, 3.63) is 23.7 Å². The van der Waals surface area contributed by atoms with Crippen LogP contribution in [0.15, 0.2) is 16.7 Å². The topological polar surface area (TPSA) is 28.4 Å². The van der Waals surface area contributed by atoms with Gasteiger partial charge < -0.3 is 9.73 Å². The van der Waals surface area contributed by atoms with Crippen LogP contribution in [-0.2, 0) is 13.1 Å². The van der Waals surface area contributed by atoms with Gasteiger partial charge in [-0.2, -0.15) is 0 Å². The van der Waals surface area contributed by atoms with Gasteiger partial charge in [0.2, 0.25) is 0 Å². The molecule has 19 heavy (non-hydrogen) atoms. The molecule has 0 atom stereocenters. The summed E-state index contributed by atoms with van der Waals surface area (Å²) in [5.41, 5.74) is 1.38. The van der Waals surface area contributed by atoms with Crippen molar-refractivity contribution in [3.63, 3.8) is 0 Å². The zero-order valence-corrected chi connectivity index (χ0v) is 12.2. The molecule has 0 spiro atoms. The van der Waals surface area contributed by atoms with Crippen molar-refractivity contribution in [1.82, 2.24) is 10.2 Å². The van der Waals surface area contributed by atoms with Crippen LogP contribution in [0.2, 0.25) is 0 Å². The third-order valence-electron chi connectivity index (χ3n) is 4.13. The molecule has 2 aliphatic rings. The quantitative estimate of drug-likeness (QED) is 0.780. The average Bonchev–Trinajstić information content (AvgIpc) is 3.26. The molecule has 1 aromatic rings. The Labute approximate surface area is 116 Å². The van der Waals surface area contributed by atoms with Crippen molar-refractivity contribution < 1.29 is 4.42 Å². The molecule has 2 saturated carbocycles. The summed E-state index contributed by atoms with van der Waals surface area (Å²) in [5.74, 6) is 2.10. The summed E-state index contributed by atoms with van der Waals surface area (Å²) in [6.07, 6.45) is 7.51. The Morgan fingerprint density at radius 1 is 1.32 bits per heavy atom. The fraction of sp³-hybridized carbons (Fsp3) is 0.750. The molecule has 3 heteroatoms. The normalized spacial score (nSPS) is 19.6. The second-order valence-corrected chi connectivity index (χ2v) is 6.51. The minimum absolute atomic E-state index is 0.504. The highest BCUT2D eigenvalue weighted by molar-refractivity contribution is 5.17. The summed E-state index contributed by atoms with van der Waals surface area (Å²) >= 11 is 0. The van der Waals surface area contributed by atoms with Crippen LogP contribution in [0.4, 0.5) is 0 Å².